The second-order valence-corrected chi connectivity index (χ2v) is 4.81. The van der Waals surface area contributed by atoms with Crippen molar-refractivity contribution in [2.45, 2.75) is 46.2 Å². The largest absolute Gasteiger partial charge is 0.383 e. The zero-order valence-corrected chi connectivity index (χ0v) is 11.9. The molecule has 18 heavy (non-hydrogen) atoms. The van der Waals surface area contributed by atoms with E-state index in [9.17, 15) is 0 Å². The lowest BCUT2D eigenvalue weighted by Gasteiger charge is -2.17. The lowest BCUT2D eigenvalue weighted by molar-refractivity contribution is 0.198. The summed E-state index contributed by atoms with van der Waals surface area (Å²) in [6, 6.07) is 0.342. The van der Waals surface area contributed by atoms with Crippen LogP contribution >= 0.6 is 0 Å². The summed E-state index contributed by atoms with van der Waals surface area (Å²) in [6.07, 6.45) is 2.29. The summed E-state index contributed by atoms with van der Waals surface area (Å²) in [4.78, 5) is 0. The Morgan fingerprint density at radius 3 is 2.83 bits per heavy atom. The van der Waals surface area contributed by atoms with E-state index in [1.165, 1.54) is 6.42 Å². The average molecular weight is 255 g/mol. The quantitative estimate of drug-likeness (QED) is 0.676. The van der Waals surface area contributed by atoms with Gasteiger partial charge < -0.3 is 10.1 Å². The van der Waals surface area contributed by atoms with Crippen LogP contribution in [0.2, 0.25) is 0 Å². The second-order valence-electron chi connectivity index (χ2n) is 4.81. The number of nitrogens with one attached hydrogen (secondary N) is 1. The molecule has 1 N–H and O–H groups in total. The minimum atomic E-state index is 0.342. The van der Waals surface area contributed by atoms with Crippen LogP contribution in [0.15, 0.2) is 0 Å². The molecule has 104 valence electrons. The van der Waals surface area contributed by atoms with Gasteiger partial charge in [-0.3, -0.25) is 0 Å². The molecule has 2 atom stereocenters. The molecule has 1 aromatic rings. The van der Waals surface area contributed by atoms with Crippen LogP contribution in [0.5, 0.6) is 0 Å². The molecule has 0 radical (unpaired) electrons. The SMILES string of the molecule is CCC(C)CC(C)n1nnnc1CNCCOC. The van der Waals surface area contributed by atoms with Gasteiger partial charge in [-0.05, 0) is 29.7 Å². The Morgan fingerprint density at radius 2 is 2.17 bits per heavy atom. The monoisotopic (exact) mass is 255 g/mol. The van der Waals surface area contributed by atoms with E-state index in [1.807, 2.05) is 4.68 Å². The molecular formula is C12H25N5O. The molecule has 0 aromatic carbocycles. The molecule has 0 aliphatic carbocycles. The molecule has 1 rings (SSSR count). The predicted octanol–water partition coefficient (Wildman–Crippen LogP) is 1.41. The highest BCUT2D eigenvalue weighted by Crippen LogP contribution is 2.19. The molecule has 6 heteroatoms. The van der Waals surface area contributed by atoms with Crippen molar-refractivity contribution >= 4 is 0 Å². The van der Waals surface area contributed by atoms with Crippen LogP contribution in [0.3, 0.4) is 0 Å². The molecular weight excluding hydrogens is 230 g/mol. The molecule has 0 spiro atoms. The van der Waals surface area contributed by atoms with Crippen molar-refractivity contribution in [1.29, 1.82) is 0 Å². The van der Waals surface area contributed by atoms with Gasteiger partial charge in [-0.15, -0.1) is 5.10 Å². The van der Waals surface area contributed by atoms with Gasteiger partial charge in [-0.2, -0.15) is 0 Å². The average Bonchev–Trinajstić information content (AvgIpc) is 2.82. The van der Waals surface area contributed by atoms with Gasteiger partial charge in [0.2, 0.25) is 0 Å². The summed E-state index contributed by atoms with van der Waals surface area (Å²) < 4.78 is 6.91. The fraction of sp³-hybridized carbons (Fsp3) is 0.917. The summed E-state index contributed by atoms with van der Waals surface area (Å²) in [5.41, 5.74) is 0. The summed E-state index contributed by atoms with van der Waals surface area (Å²) in [5, 5.41) is 15.2. The predicted molar refractivity (Wildman–Crippen MR) is 70.2 cm³/mol. The van der Waals surface area contributed by atoms with Crippen molar-refractivity contribution in [2.24, 2.45) is 5.92 Å². The van der Waals surface area contributed by atoms with Crippen molar-refractivity contribution in [3.8, 4) is 0 Å². The van der Waals surface area contributed by atoms with Crippen molar-refractivity contribution in [1.82, 2.24) is 25.5 Å². The summed E-state index contributed by atoms with van der Waals surface area (Å²) in [5.74, 6) is 1.58. The number of ether oxygens (including phenoxy) is 1. The number of hydrogen-bond acceptors (Lipinski definition) is 5. The molecule has 0 fully saturated rings. The van der Waals surface area contributed by atoms with E-state index in [1.54, 1.807) is 7.11 Å². The van der Waals surface area contributed by atoms with Gasteiger partial charge in [0.1, 0.15) is 0 Å². The smallest absolute Gasteiger partial charge is 0.165 e. The Morgan fingerprint density at radius 1 is 1.39 bits per heavy atom. The highest BCUT2D eigenvalue weighted by molar-refractivity contribution is 4.83. The van der Waals surface area contributed by atoms with E-state index < -0.39 is 0 Å². The molecule has 0 bridgehead atoms. The molecule has 0 saturated heterocycles. The highest BCUT2D eigenvalue weighted by atomic mass is 16.5. The minimum absolute atomic E-state index is 0.342. The Hall–Kier alpha value is -1.01. The highest BCUT2D eigenvalue weighted by Gasteiger charge is 2.14. The topological polar surface area (TPSA) is 64.9 Å². The van der Waals surface area contributed by atoms with Crippen LogP contribution in [-0.4, -0.2) is 40.5 Å². The first-order chi connectivity index (χ1) is 8.69. The second kappa shape index (κ2) is 8.16. The fourth-order valence-corrected chi connectivity index (χ4v) is 1.89. The summed E-state index contributed by atoms with van der Waals surface area (Å²) in [6.45, 7) is 8.83. The number of aromatic nitrogens is 4. The Bertz CT molecular complexity index is 328. The van der Waals surface area contributed by atoms with E-state index in [4.69, 9.17) is 4.74 Å². The van der Waals surface area contributed by atoms with E-state index in [-0.39, 0.29) is 0 Å². The molecule has 1 heterocycles. The summed E-state index contributed by atoms with van der Waals surface area (Å²) >= 11 is 0. The van der Waals surface area contributed by atoms with Crippen molar-refractivity contribution in [2.75, 3.05) is 20.3 Å². The van der Waals surface area contributed by atoms with Crippen LogP contribution in [0.4, 0.5) is 0 Å². The minimum Gasteiger partial charge on any atom is -0.383 e. The first-order valence-corrected chi connectivity index (χ1v) is 6.65. The zero-order valence-electron chi connectivity index (χ0n) is 11.9. The molecule has 6 nitrogen and oxygen atoms in total. The van der Waals surface area contributed by atoms with Gasteiger partial charge >= 0.3 is 0 Å². The van der Waals surface area contributed by atoms with Crippen LogP contribution in [0.1, 0.15) is 45.5 Å². The van der Waals surface area contributed by atoms with Gasteiger partial charge in [-0.25, -0.2) is 4.68 Å². The molecule has 2 unspecified atom stereocenters. The van der Waals surface area contributed by atoms with E-state index >= 15 is 0 Å². The van der Waals surface area contributed by atoms with Crippen molar-refractivity contribution in [3.63, 3.8) is 0 Å². The maximum atomic E-state index is 4.99. The standard InChI is InChI=1S/C12H25N5O/c1-5-10(2)8-11(3)17-12(14-15-16-17)9-13-6-7-18-4/h10-11,13H,5-9H2,1-4H3. The normalized spacial score (nSPS) is 14.7. The lowest BCUT2D eigenvalue weighted by atomic mass is 10.0. The number of tetrazole rings is 1. The van der Waals surface area contributed by atoms with Gasteiger partial charge in [0, 0.05) is 13.7 Å². The van der Waals surface area contributed by atoms with Crippen LogP contribution in [0, 0.1) is 5.92 Å². The third kappa shape index (κ3) is 4.70. The maximum Gasteiger partial charge on any atom is 0.165 e. The number of nitrogens with zero attached hydrogens (tertiary/aromatic N) is 4. The molecule has 1 aromatic heterocycles. The maximum absolute atomic E-state index is 4.99. The third-order valence-electron chi connectivity index (χ3n) is 3.18. The first-order valence-electron chi connectivity index (χ1n) is 6.65. The van der Waals surface area contributed by atoms with Crippen LogP contribution in [0.25, 0.3) is 0 Å². The zero-order chi connectivity index (χ0) is 13.4. The first kappa shape index (κ1) is 15.0. The van der Waals surface area contributed by atoms with Gasteiger partial charge in [-0.1, -0.05) is 20.3 Å². The number of hydrogen-bond donors (Lipinski definition) is 1. The number of rotatable bonds is 9. The molecule has 0 aliphatic rings. The summed E-state index contributed by atoms with van der Waals surface area (Å²) in [7, 11) is 1.69. The molecule has 0 aliphatic heterocycles. The molecule has 0 amide bonds. The van der Waals surface area contributed by atoms with E-state index in [0.717, 1.165) is 18.8 Å². The van der Waals surface area contributed by atoms with Crippen LogP contribution in [-0.2, 0) is 11.3 Å². The van der Waals surface area contributed by atoms with Crippen molar-refractivity contribution in [3.05, 3.63) is 5.82 Å². The Kier molecular flexibility index (Phi) is 6.82. The van der Waals surface area contributed by atoms with Gasteiger partial charge in [0.15, 0.2) is 5.82 Å². The van der Waals surface area contributed by atoms with Gasteiger partial charge in [0.05, 0.1) is 19.2 Å². The fourth-order valence-electron chi connectivity index (χ4n) is 1.89. The van der Waals surface area contributed by atoms with E-state index in [0.29, 0.717) is 25.1 Å². The van der Waals surface area contributed by atoms with Crippen molar-refractivity contribution < 1.29 is 4.74 Å². The number of methoxy groups -OCH3 is 1. The molecule has 0 saturated carbocycles. The van der Waals surface area contributed by atoms with E-state index in [2.05, 4.69) is 41.6 Å². The lowest BCUT2D eigenvalue weighted by Crippen LogP contribution is -2.23. The Labute approximate surface area is 109 Å². The Balaban J connectivity index is 2.47. The van der Waals surface area contributed by atoms with Crippen LogP contribution < -0.4 is 5.32 Å². The third-order valence-corrected chi connectivity index (χ3v) is 3.18. The van der Waals surface area contributed by atoms with Gasteiger partial charge in [0.25, 0.3) is 0 Å².